The standard InChI is InChI=1S/C76H132N12O13/c1-46(2)38-55-71(96)84(14)58(40-48(5)6)70(95)81-66(51(11)89)74(99)82(12)45-63(91)83(13)57(39-47(3)4)69(94)80-65(50(9)10)76(101)87(17)61(43-54-34-26-20-27-35-54)73(98)85(15)59(41-52-30-22-18-23-31-52)67(92)78-56(72(97)88-36-28-21-29-37-88)44-62(90)79-64(49(7)8)75(100)86(16)60(68(93)77-55)42-53-32-24-19-25-33-53/h46-61,64-66,89H,18-45H2,1-17H3,(H,77,93)(H,78,92)(H,79,90)(H,80,94)(H,81,95)/t51-,55+,56+,57+,58+,59+,60+,61+,64-,65+,66+/m1/s1. The van der Waals surface area contributed by atoms with Crippen LogP contribution in [0.4, 0.5) is 0 Å². The van der Waals surface area contributed by atoms with E-state index in [1.165, 1.54) is 59.6 Å². The van der Waals surface area contributed by atoms with Gasteiger partial charge in [0.05, 0.1) is 19.1 Å². The zero-order valence-electron chi connectivity index (χ0n) is 64.7. The maximum atomic E-state index is 15.8. The second-order valence-corrected chi connectivity index (χ2v) is 32.6. The number of hydrogen-bond donors (Lipinski definition) is 6. The lowest BCUT2D eigenvalue weighted by Gasteiger charge is -2.40. The molecule has 2 aliphatic heterocycles. The predicted molar refractivity (Wildman–Crippen MR) is 388 cm³/mol. The second-order valence-electron chi connectivity index (χ2n) is 32.6. The Morgan fingerprint density at radius 3 is 1.20 bits per heavy atom. The summed E-state index contributed by atoms with van der Waals surface area (Å²) in [6, 6.07) is -12.5. The summed E-state index contributed by atoms with van der Waals surface area (Å²) in [5.74, 6) is -9.24. The lowest BCUT2D eigenvalue weighted by Crippen LogP contribution is -2.62. The summed E-state index contributed by atoms with van der Waals surface area (Å²) in [5.41, 5.74) is 0. The molecule has 5 rings (SSSR count). The Kier molecular flexibility index (Phi) is 34.3. The van der Waals surface area contributed by atoms with Crippen LogP contribution in [-0.4, -0.2) is 239 Å². The highest BCUT2D eigenvalue weighted by Gasteiger charge is 2.45. The van der Waals surface area contributed by atoms with Crippen LogP contribution in [0.2, 0.25) is 0 Å². The van der Waals surface area contributed by atoms with Gasteiger partial charge in [0, 0.05) is 55.4 Å². The van der Waals surface area contributed by atoms with E-state index >= 15 is 28.8 Å². The van der Waals surface area contributed by atoms with Crippen LogP contribution >= 0.6 is 0 Å². The number of rotatable bonds is 16. The summed E-state index contributed by atoms with van der Waals surface area (Å²) < 4.78 is 0. The van der Waals surface area contributed by atoms with Gasteiger partial charge in [-0.15, -0.1) is 0 Å². The molecule has 11 atom stereocenters. The van der Waals surface area contributed by atoms with Crippen molar-refractivity contribution in [3.05, 3.63) is 0 Å². The number of aliphatic hydroxyl groups excluding tert-OH is 1. The lowest BCUT2D eigenvalue weighted by molar-refractivity contribution is -0.151. The fourth-order valence-corrected chi connectivity index (χ4v) is 15.7. The average molecular weight is 1420 g/mol. The van der Waals surface area contributed by atoms with Crippen LogP contribution in [0.25, 0.3) is 0 Å². The first-order valence-electron chi connectivity index (χ1n) is 38.6. The maximum Gasteiger partial charge on any atom is 0.248 e. The first-order chi connectivity index (χ1) is 47.5. The van der Waals surface area contributed by atoms with Gasteiger partial charge in [-0.3, -0.25) is 57.5 Å². The molecule has 0 aromatic rings. The van der Waals surface area contributed by atoms with Gasteiger partial charge in [-0.05, 0) is 112 Å². The van der Waals surface area contributed by atoms with Gasteiger partial charge in [0.1, 0.15) is 60.4 Å². The van der Waals surface area contributed by atoms with E-state index in [1.807, 2.05) is 41.5 Å². The molecule has 6 N–H and O–H groups in total. The molecule has 0 bridgehead atoms. The minimum atomic E-state index is -1.62. The molecular weight excluding hydrogens is 1290 g/mol. The van der Waals surface area contributed by atoms with Crippen LogP contribution in [0.5, 0.6) is 0 Å². The third kappa shape index (κ3) is 24.9. The maximum absolute atomic E-state index is 15.8. The Morgan fingerprint density at radius 1 is 0.396 bits per heavy atom. The van der Waals surface area contributed by atoms with E-state index in [2.05, 4.69) is 26.6 Å². The van der Waals surface area contributed by atoms with Gasteiger partial charge in [-0.2, -0.15) is 0 Å². The van der Waals surface area contributed by atoms with Crippen LogP contribution in [0, 0.1) is 47.3 Å². The number of piperidine rings is 1. The number of carbonyl (C=O) groups excluding carboxylic acids is 12. The van der Waals surface area contributed by atoms with Crippen LogP contribution < -0.4 is 26.6 Å². The number of aliphatic hydroxyl groups is 1. The zero-order valence-corrected chi connectivity index (χ0v) is 64.7. The van der Waals surface area contributed by atoms with Gasteiger partial charge in [0.2, 0.25) is 70.9 Å². The normalized spacial score (nSPS) is 28.3. The number of carbonyl (C=O) groups is 12. The monoisotopic (exact) mass is 1420 g/mol. The Balaban J connectivity index is 1.68. The van der Waals surface area contributed by atoms with Crippen molar-refractivity contribution in [1.82, 2.24) is 60.9 Å². The summed E-state index contributed by atoms with van der Waals surface area (Å²) in [5, 5.41) is 25.8. The van der Waals surface area contributed by atoms with E-state index in [1.54, 1.807) is 46.7 Å². The SMILES string of the molecule is CC(C)C[C@@H]1NC(=O)[C@H](CC2CCCCC2)N(C)C(=O)[C@@H](C(C)C)NC(=O)C[C@@H](C(=O)N2CCCCC2)NC(=O)[C@H](CC2CCCCC2)N(C)C(=O)[C@H](CC2CCCCC2)N(C)C(=O)[C@H](C(C)C)NC(=O)[C@H](CC(C)C)N(C)C(=O)CN(C)C(=O)[C@H]([C@@H](C)O)NC(=O)[C@H](CC(C)C)N(C)C1=O. The molecule has 0 radical (unpaired) electrons. The summed E-state index contributed by atoms with van der Waals surface area (Å²) >= 11 is 0. The molecule has 101 heavy (non-hydrogen) atoms. The van der Waals surface area contributed by atoms with E-state index in [-0.39, 0.29) is 74.0 Å². The molecule has 5 fully saturated rings. The second kappa shape index (κ2) is 40.6. The highest BCUT2D eigenvalue weighted by Crippen LogP contribution is 2.34. The minimum absolute atomic E-state index is 0.0224. The molecule has 0 spiro atoms. The van der Waals surface area contributed by atoms with Gasteiger partial charge < -0.3 is 66.0 Å². The molecule has 0 unspecified atom stereocenters. The molecule has 5 aliphatic rings. The van der Waals surface area contributed by atoms with E-state index in [9.17, 15) is 33.9 Å². The highest BCUT2D eigenvalue weighted by atomic mass is 16.3. The van der Waals surface area contributed by atoms with Crippen molar-refractivity contribution in [2.75, 3.05) is 61.9 Å². The summed E-state index contributed by atoms with van der Waals surface area (Å²) in [6.07, 6.45) is 14.8. The number of nitrogens with one attached hydrogen (secondary N) is 5. The van der Waals surface area contributed by atoms with Crippen molar-refractivity contribution >= 4 is 70.9 Å². The topological polar surface area (TPSA) is 308 Å². The van der Waals surface area contributed by atoms with Crippen molar-refractivity contribution in [2.24, 2.45) is 47.3 Å². The predicted octanol–water partition coefficient (Wildman–Crippen LogP) is 6.16. The van der Waals surface area contributed by atoms with Crippen LogP contribution in [0.15, 0.2) is 0 Å². The van der Waals surface area contributed by atoms with E-state index in [0.717, 1.165) is 108 Å². The molecule has 3 saturated carbocycles. The molecular formula is C76H132N12O13. The van der Waals surface area contributed by atoms with Gasteiger partial charge in [-0.25, -0.2) is 0 Å². The number of likely N-dealkylation sites (tertiary alicyclic amines) is 1. The number of amides is 12. The van der Waals surface area contributed by atoms with E-state index in [4.69, 9.17) is 0 Å². The Labute approximate surface area is 604 Å². The molecule has 3 aliphatic carbocycles. The molecule has 0 aromatic carbocycles. The summed E-state index contributed by atoms with van der Waals surface area (Å²) in [4.78, 5) is 190. The molecule has 0 aromatic heterocycles. The molecule has 25 heteroatoms. The molecule has 2 saturated heterocycles. The van der Waals surface area contributed by atoms with Crippen molar-refractivity contribution in [2.45, 2.75) is 303 Å². The summed E-state index contributed by atoms with van der Waals surface area (Å²) in [7, 11) is 8.81. The van der Waals surface area contributed by atoms with Gasteiger partial charge in [0.15, 0.2) is 0 Å². The lowest BCUT2D eigenvalue weighted by atomic mass is 9.83. The number of likely N-dealkylation sites (N-methyl/N-ethyl adjacent to an activating group) is 6. The largest absolute Gasteiger partial charge is 0.391 e. The number of nitrogens with zero attached hydrogens (tertiary/aromatic N) is 7. The average Bonchev–Trinajstić information content (AvgIpc) is 0.813. The molecule has 12 amide bonds. The Hall–Kier alpha value is -6.40. The minimum Gasteiger partial charge on any atom is -0.391 e. The number of hydrogen-bond acceptors (Lipinski definition) is 13. The zero-order chi connectivity index (χ0) is 75.3. The van der Waals surface area contributed by atoms with Crippen molar-refractivity contribution in [3.8, 4) is 0 Å². The van der Waals surface area contributed by atoms with Crippen molar-refractivity contribution < 1.29 is 62.6 Å². The van der Waals surface area contributed by atoms with Gasteiger partial charge >= 0.3 is 0 Å². The fourth-order valence-electron chi connectivity index (χ4n) is 15.7. The summed E-state index contributed by atoms with van der Waals surface area (Å²) in [6.45, 7) is 19.8. The van der Waals surface area contributed by atoms with Crippen LogP contribution in [0.3, 0.4) is 0 Å². The molecule has 2 heterocycles. The Morgan fingerprint density at radius 2 is 0.762 bits per heavy atom. The van der Waals surface area contributed by atoms with Gasteiger partial charge in [0.25, 0.3) is 0 Å². The first kappa shape index (κ1) is 85.2. The quantitative estimate of drug-likeness (QED) is 0.101. The highest BCUT2D eigenvalue weighted by molar-refractivity contribution is 6.00. The van der Waals surface area contributed by atoms with Gasteiger partial charge in [-0.1, -0.05) is 166 Å². The van der Waals surface area contributed by atoms with E-state index in [0.29, 0.717) is 25.9 Å². The fraction of sp³-hybridized carbons (Fsp3) is 0.842. The third-order valence-corrected chi connectivity index (χ3v) is 22.1. The molecule has 25 nitrogen and oxygen atoms in total. The van der Waals surface area contributed by atoms with Crippen molar-refractivity contribution in [1.29, 1.82) is 0 Å². The van der Waals surface area contributed by atoms with Crippen LogP contribution in [-0.2, 0) is 57.5 Å². The van der Waals surface area contributed by atoms with E-state index < -0.39 is 162 Å². The molecule has 574 valence electrons. The first-order valence-corrected chi connectivity index (χ1v) is 38.6. The smallest absolute Gasteiger partial charge is 0.248 e. The Bertz CT molecular complexity index is 2770. The third-order valence-electron chi connectivity index (χ3n) is 22.1. The van der Waals surface area contributed by atoms with Crippen molar-refractivity contribution in [3.63, 3.8) is 0 Å². The van der Waals surface area contributed by atoms with Crippen LogP contribution in [0.1, 0.15) is 237 Å².